The normalized spacial score (nSPS) is 13.6. The SMILES string of the molecule is COC(C)(C)OCC=CCOC(C)(C)OC. The number of hydrogen-bond donors (Lipinski definition) is 0. The molecule has 0 aromatic heterocycles. The van der Waals surface area contributed by atoms with Gasteiger partial charge in [0, 0.05) is 14.2 Å². The molecule has 0 radical (unpaired) electrons. The van der Waals surface area contributed by atoms with Gasteiger partial charge in [-0.1, -0.05) is 12.2 Å². The summed E-state index contributed by atoms with van der Waals surface area (Å²) in [5.74, 6) is -1.09. The number of ether oxygens (including phenoxy) is 4. The van der Waals surface area contributed by atoms with E-state index in [4.69, 9.17) is 18.9 Å². The predicted molar refractivity (Wildman–Crippen MR) is 63.2 cm³/mol. The minimum Gasteiger partial charge on any atom is -0.354 e. The third-order valence-corrected chi connectivity index (χ3v) is 2.20. The lowest BCUT2D eigenvalue weighted by molar-refractivity contribution is -0.192. The van der Waals surface area contributed by atoms with Crippen LogP contribution >= 0.6 is 0 Å². The Kier molecular flexibility index (Phi) is 6.83. The minimum absolute atomic E-state index is 0.498. The van der Waals surface area contributed by atoms with E-state index in [9.17, 15) is 0 Å². The molecule has 0 amide bonds. The van der Waals surface area contributed by atoms with E-state index in [2.05, 4.69) is 0 Å². The van der Waals surface area contributed by atoms with Gasteiger partial charge in [0.25, 0.3) is 0 Å². The van der Waals surface area contributed by atoms with Crippen LogP contribution in [0.1, 0.15) is 27.7 Å². The van der Waals surface area contributed by atoms with Crippen molar-refractivity contribution < 1.29 is 18.9 Å². The molecule has 0 unspecified atom stereocenters. The number of hydrogen-bond acceptors (Lipinski definition) is 4. The number of rotatable bonds is 8. The molecule has 0 aromatic rings. The van der Waals surface area contributed by atoms with Crippen molar-refractivity contribution in [1.82, 2.24) is 0 Å². The summed E-state index contributed by atoms with van der Waals surface area (Å²) in [5, 5.41) is 0. The fourth-order valence-electron chi connectivity index (χ4n) is 0.752. The molecule has 16 heavy (non-hydrogen) atoms. The molecule has 0 aliphatic rings. The van der Waals surface area contributed by atoms with Gasteiger partial charge in [-0.05, 0) is 27.7 Å². The van der Waals surface area contributed by atoms with Crippen molar-refractivity contribution in [1.29, 1.82) is 0 Å². The zero-order chi connectivity index (χ0) is 12.7. The minimum atomic E-state index is -0.545. The molecule has 0 aliphatic carbocycles. The molecule has 0 bridgehead atoms. The third kappa shape index (κ3) is 7.82. The Morgan fingerprint density at radius 1 is 0.750 bits per heavy atom. The maximum absolute atomic E-state index is 5.44. The Morgan fingerprint density at radius 3 is 1.31 bits per heavy atom. The molecule has 0 saturated carbocycles. The van der Waals surface area contributed by atoms with Gasteiger partial charge in [-0.3, -0.25) is 0 Å². The first kappa shape index (κ1) is 15.6. The van der Waals surface area contributed by atoms with Crippen molar-refractivity contribution in [3.63, 3.8) is 0 Å². The standard InChI is InChI=1S/C12H24O4/c1-11(2,13-5)15-9-7-8-10-16-12(3,4)14-6/h7-8H,9-10H2,1-6H3. The summed E-state index contributed by atoms with van der Waals surface area (Å²) in [4.78, 5) is 0. The average Bonchev–Trinajstić information content (AvgIpc) is 2.23. The highest BCUT2D eigenvalue weighted by Crippen LogP contribution is 2.10. The zero-order valence-corrected chi connectivity index (χ0v) is 11.2. The molecule has 0 aromatic carbocycles. The summed E-state index contributed by atoms with van der Waals surface area (Å²) in [7, 11) is 3.24. The van der Waals surface area contributed by atoms with Crippen LogP contribution in [0.5, 0.6) is 0 Å². The van der Waals surface area contributed by atoms with Gasteiger partial charge >= 0.3 is 0 Å². The molecule has 0 heterocycles. The summed E-state index contributed by atoms with van der Waals surface area (Å²) in [6.45, 7) is 8.46. The lowest BCUT2D eigenvalue weighted by Gasteiger charge is -2.23. The van der Waals surface area contributed by atoms with Gasteiger partial charge in [0.1, 0.15) is 0 Å². The molecule has 4 nitrogen and oxygen atoms in total. The first-order chi connectivity index (χ1) is 7.33. The van der Waals surface area contributed by atoms with Gasteiger partial charge < -0.3 is 18.9 Å². The van der Waals surface area contributed by atoms with Gasteiger partial charge in [-0.15, -0.1) is 0 Å². The second kappa shape index (κ2) is 7.01. The summed E-state index contributed by atoms with van der Waals surface area (Å²) in [6, 6.07) is 0. The zero-order valence-electron chi connectivity index (χ0n) is 11.2. The molecule has 0 fully saturated rings. The van der Waals surface area contributed by atoms with Crippen molar-refractivity contribution in [3.05, 3.63) is 12.2 Å². The maximum Gasteiger partial charge on any atom is 0.162 e. The first-order valence-corrected chi connectivity index (χ1v) is 5.36. The second-order valence-electron chi connectivity index (χ2n) is 4.30. The van der Waals surface area contributed by atoms with Crippen molar-refractivity contribution in [2.45, 2.75) is 39.3 Å². The fourth-order valence-corrected chi connectivity index (χ4v) is 0.752. The van der Waals surface area contributed by atoms with Gasteiger partial charge in [0.2, 0.25) is 0 Å². The highest BCUT2D eigenvalue weighted by Gasteiger charge is 2.16. The number of methoxy groups -OCH3 is 2. The quantitative estimate of drug-likeness (QED) is 0.475. The van der Waals surface area contributed by atoms with Crippen LogP contribution in [-0.2, 0) is 18.9 Å². The third-order valence-electron chi connectivity index (χ3n) is 2.20. The highest BCUT2D eigenvalue weighted by atomic mass is 16.7. The fraction of sp³-hybridized carbons (Fsp3) is 0.833. The van der Waals surface area contributed by atoms with Gasteiger partial charge in [0.15, 0.2) is 11.6 Å². The van der Waals surface area contributed by atoms with E-state index in [0.717, 1.165) is 0 Å². The van der Waals surface area contributed by atoms with E-state index in [0.29, 0.717) is 13.2 Å². The van der Waals surface area contributed by atoms with Crippen LogP contribution in [0, 0.1) is 0 Å². The summed E-state index contributed by atoms with van der Waals surface area (Å²) in [5.41, 5.74) is 0. The Bertz CT molecular complexity index is 187. The molecule has 0 rings (SSSR count). The Morgan fingerprint density at radius 2 is 1.06 bits per heavy atom. The van der Waals surface area contributed by atoms with Crippen LogP contribution in [-0.4, -0.2) is 39.0 Å². The van der Waals surface area contributed by atoms with E-state index in [-0.39, 0.29) is 0 Å². The largest absolute Gasteiger partial charge is 0.354 e. The van der Waals surface area contributed by atoms with Crippen molar-refractivity contribution in [2.75, 3.05) is 27.4 Å². The molecular formula is C12H24O4. The average molecular weight is 232 g/mol. The first-order valence-electron chi connectivity index (χ1n) is 5.36. The van der Waals surface area contributed by atoms with Crippen molar-refractivity contribution in [2.24, 2.45) is 0 Å². The van der Waals surface area contributed by atoms with Crippen LogP contribution in [0.4, 0.5) is 0 Å². The van der Waals surface area contributed by atoms with Crippen molar-refractivity contribution in [3.8, 4) is 0 Å². The Labute approximate surface area is 98.5 Å². The van der Waals surface area contributed by atoms with Crippen molar-refractivity contribution >= 4 is 0 Å². The maximum atomic E-state index is 5.44. The molecular weight excluding hydrogens is 208 g/mol. The van der Waals surface area contributed by atoms with E-state index in [1.165, 1.54) is 0 Å². The van der Waals surface area contributed by atoms with E-state index in [1.54, 1.807) is 14.2 Å². The molecule has 0 spiro atoms. The van der Waals surface area contributed by atoms with E-state index in [1.807, 2.05) is 39.8 Å². The monoisotopic (exact) mass is 232 g/mol. The van der Waals surface area contributed by atoms with E-state index >= 15 is 0 Å². The van der Waals surface area contributed by atoms with Gasteiger partial charge in [-0.2, -0.15) is 0 Å². The molecule has 0 saturated heterocycles. The molecule has 0 aliphatic heterocycles. The van der Waals surface area contributed by atoms with Gasteiger partial charge in [0.05, 0.1) is 13.2 Å². The smallest absolute Gasteiger partial charge is 0.162 e. The molecule has 0 N–H and O–H groups in total. The Hall–Kier alpha value is -0.420. The summed E-state index contributed by atoms with van der Waals surface area (Å²) < 4.78 is 21.1. The van der Waals surface area contributed by atoms with Crippen LogP contribution in [0.3, 0.4) is 0 Å². The van der Waals surface area contributed by atoms with E-state index < -0.39 is 11.6 Å². The molecule has 0 atom stereocenters. The van der Waals surface area contributed by atoms with Crippen LogP contribution in [0.2, 0.25) is 0 Å². The van der Waals surface area contributed by atoms with Crippen LogP contribution < -0.4 is 0 Å². The summed E-state index contributed by atoms with van der Waals surface area (Å²) in [6.07, 6.45) is 3.79. The van der Waals surface area contributed by atoms with Crippen LogP contribution in [0.15, 0.2) is 12.2 Å². The second-order valence-corrected chi connectivity index (χ2v) is 4.30. The Balaban J connectivity index is 3.64. The summed E-state index contributed by atoms with van der Waals surface area (Å²) >= 11 is 0. The molecule has 96 valence electrons. The highest BCUT2D eigenvalue weighted by molar-refractivity contribution is 4.82. The lowest BCUT2D eigenvalue weighted by atomic mass is 10.4. The lowest BCUT2D eigenvalue weighted by Crippen LogP contribution is -2.27. The molecule has 4 heteroatoms. The predicted octanol–water partition coefficient (Wildman–Crippen LogP) is 2.34. The topological polar surface area (TPSA) is 36.9 Å². The van der Waals surface area contributed by atoms with Crippen LogP contribution in [0.25, 0.3) is 0 Å². The van der Waals surface area contributed by atoms with Gasteiger partial charge in [-0.25, -0.2) is 0 Å².